The standard InChI is InChI=1S/C13H15F3O2/c1-7-4-8(13(2,3)6-10(17)18)5-9(14)11(7)12(15)16/h4-5,12H,6H2,1-3H3,(H,17,18). The van der Waals surface area contributed by atoms with E-state index in [0.29, 0.717) is 5.56 Å². The number of carboxylic acids is 1. The van der Waals surface area contributed by atoms with Gasteiger partial charge < -0.3 is 5.11 Å². The van der Waals surface area contributed by atoms with E-state index in [2.05, 4.69) is 0 Å². The molecule has 0 unspecified atom stereocenters. The van der Waals surface area contributed by atoms with E-state index in [1.54, 1.807) is 13.8 Å². The molecule has 0 saturated carbocycles. The van der Waals surface area contributed by atoms with E-state index < -0.39 is 29.2 Å². The fraction of sp³-hybridized carbons (Fsp3) is 0.462. The summed E-state index contributed by atoms with van der Waals surface area (Å²) in [5.74, 6) is -2.01. The molecule has 0 fully saturated rings. The number of aliphatic carboxylic acids is 1. The molecule has 0 bridgehead atoms. The van der Waals surface area contributed by atoms with Crippen LogP contribution in [0.15, 0.2) is 12.1 Å². The van der Waals surface area contributed by atoms with Crippen LogP contribution >= 0.6 is 0 Å². The molecule has 0 saturated heterocycles. The predicted octanol–water partition coefficient (Wildman–Crippen LogP) is 3.82. The lowest BCUT2D eigenvalue weighted by Crippen LogP contribution is -2.22. The Kier molecular flexibility index (Phi) is 4.04. The highest BCUT2D eigenvalue weighted by atomic mass is 19.3. The highest BCUT2D eigenvalue weighted by Gasteiger charge is 2.27. The zero-order valence-corrected chi connectivity index (χ0v) is 10.4. The smallest absolute Gasteiger partial charge is 0.304 e. The molecular weight excluding hydrogens is 245 g/mol. The van der Waals surface area contributed by atoms with Crippen molar-refractivity contribution in [1.29, 1.82) is 0 Å². The largest absolute Gasteiger partial charge is 0.481 e. The molecule has 0 radical (unpaired) electrons. The molecule has 0 amide bonds. The fourth-order valence-electron chi connectivity index (χ4n) is 1.90. The summed E-state index contributed by atoms with van der Waals surface area (Å²) in [7, 11) is 0. The van der Waals surface area contributed by atoms with E-state index in [0.717, 1.165) is 6.07 Å². The van der Waals surface area contributed by atoms with Gasteiger partial charge in [-0.3, -0.25) is 4.79 Å². The maximum atomic E-state index is 13.6. The number of carbonyl (C=O) groups is 1. The van der Waals surface area contributed by atoms with E-state index in [-0.39, 0.29) is 12.0 Å². The minimum absolute atomic E-state index is 0.137. The van der Waals surface area contributed by atoms with E-state index in [1.165, 1.54) is 13.0 Å². The molecule has 2 nitrogen and oxygen atoms in total. The summed E-state index contributed by atoms with van der Waals surface area (Å²) < 4.78 is 38.8. The molecular formula is C13H15F3O2. The van der Waals surface area contributed by atoms with Gasteiger partial charge in [-0.15, -0.1) is 0 Å². The van der Waals surface area contributed by atoms with Gasteiger partial charge in [0, 0.05) is 5.41 Å². The van der Waals surface area contributed by atoms with E-state index in [9.17, 15) is 18.0 Å². The van der Waals surface area contributed by atoms with Crippen LogP contribution in [-0.4, -0.2) is 11.1 Å². The lowest BCUT2D eigenvalue weighted by atomic mass is 9.80. The molecule has 1 aromatic rings. The zero-order valence-electron chi connectivity index (χ0n) is 10.4. The molecule has 100 valence electrons. The number of rotatable bonds is 4. The first-order chi connectivity index (χ1) is 8.15. The first-order valence-corrected chi connectivity index (χ1v) is 5.45. The second-order valence-corrected chi connectivity index (χ2v) is 4.94. The van der Waals surface area contributed by atoms with Crippen molar-refractivity contribution in [2.24, 2.45) is 0 Å². The Bertz CT molecular complexity index is 444. The maximum Gasteiger partial charge on any atom is 0.304 e. The van der Waals surface area contributed by atoms with Gasteiger partial charge in [-0.25, -0.2) is 13.2 Å². The van der Waals surface area contributed by atoms with Crippen molar-refractivity contribution in [2.45, 2.75) is 39.0 Å². The molecule has 1 aromatic carbocycles. The maximum absolute atomic E-state index is 13.6. The Balaban J connectivity index is 3.25. The molecule has 0 aliphatic rings. The molecule has 0 spiro atoms. The summed E-state index contributed by atoms with van der Waals surface area (Å²) in [6.07, 6.45) is -3.07. The summed E-state index contributed by atoms with van der Waals surface area (Å²) in [5, 5.41) is 8.78. The van der Waals surface area contributed by atoms with E-state index >= 15 is 0 Å². The molecule has 0 aromatic heterocycles. The van der Waals surface area contributed by atoms with Gasteiger partial charge in [0.05, 0.1) is 12.0 Å². The van der Waals surface area contributed by atoms with Crippen LogP contribution < -0.4 is 0 Å². The van der Waals surface area contributed by atoms with Crippen LogP contribution in [0.25, 0.3) is 0 Å². The second-order valence-electron chi connectivity index (χ2n) is 4.94. The van der Waals surface area contributed by atoms with Crippen LogP contribution in [0.3, 0.4) is 0 Å². The Morgan fingerprint density at radius 2 is 1.94 bits per heavy atom. The van der Waals surface area contributed by atoms with Crippen LogP contribution in [0.1, 0.15) is 43.4 Å². The Morgan fingerprint density at radius 1 is 1.39 bits per heavy atom. The number of aryl methyl sites for hydroxylation is 1. The van der Waals surface area contributed by atoms with Gasteiger partial charge in [-0.05, 0) is 24.1 Å². The van der Waals surface area contributed by atoms with Gasteiger partial charge in [0.25, 0.3) is 6.43 Å². The molecule has 0 aliphatic heterocycles. The van der Waals surface area contributed by atoms with Crippen molar-refractivity contribution in [1.82, 2.24) is 0 Å². The Labute approximate surface area is 103 Å². The lowest BCUT2D eigenvalue weighted by Gasteiger charge is -2.24. The number of alkyl halides is 2. The zero-order chi connectivity index (χ0) is 14.1. The van der Waals surface area contributed by atoms with Crippen molar-refractivity contribution < 1.29 is 23.1 Å². The van der Waals surface area contributed by atoms with Crippen molar-refractivity contribution >= 4 is 5.97 Å². The third-order valence-corrected chi connectivity index (χ3v) is 2.93. The minimum atomic E-state index is -2.87. The van der Waals surface area contributed by atoms with E-state index in [4.69, 9.17) is 5.11 Å². The Hall–Kier alpha value is -1.52. The predicted molar refractivity (Wildman–Crippen MR) is 61.4 cm³/mol. The van der Waals surface area contributed by atoms with Gasteiger partial charge in [-0.2, -0.15) is 0 Å². The number of hydrogen-bond acceptors (Lipinski definition) is 1. The van der Waals surface area contributed by atoms with Gasteiger partial charge >= 0.3 is 5.97 Å². The summed E-state index contributed by atoms with van der Waals surface area (Å²) in [6, 6.07) is 2.42. The first kappa shape index (κ1) is 14.5. The van der Waals surface area contributed by atoms with Crippen molar-refractivity contribution in [3.05, 3.63) is 34.6 Å². The van der Waals surface area contributed by atoms with Gasteiger partial charge in [-0.1, -0.05) is 19.9 Å². The normalized spacial score (nSPS) is 11.9. The summed E-state index contributed by atoms with van der Waals surface area (Å²) in [5.41, 5.74) is -0.884. The van der Waals surface area contributed by atoms with Crippen LogP contribution in [0.4, 0.5) is 13.2 Å². The summed E-state index contributed by atoms with van der Waals surface area (Å²) in [6.45, 7) is 4.67. The fourth-order valence-corrected chi connectivity index (χ4v) is 1.90. The molecule has 0 aliphatic carbocycles. The van der Waals surface area contributed by atoms with Crippen LogP contribution in [0.5, 0.6) is 0 Å². The van der Waals surface area contributed by atoms with E-state index in [1.807, 2.05) is 0 Å². The van der Waals surface area contributed by atoms with Crippen molar-refractivity contribution in [3.8, 4) is 0 Å². The van der Waals surface area contributed by atoms with Crippen LogP contribution in [0, 0.1) is 12.7 Å². The molecule has 18 heavy (non-hydrogen) atoms. The molecule has 0 heterocycles. The van der Waals surface area contributed by atoms with Gasteiger partial charge in [0.2, 0.25) is 0 Å². The third kappa shape index (κ3) is 3.03. The highest BCUT2D eigenvalue weighted by Crippen LogP contribution is 2.33. The van der Waals surface area contributed by atoms with Crippen molar-refractivity contribution in [2.75, 3.05) is 0 Å². The summed E-state index contributed by atoms with van der Waals surface area (Å²) >= 11 is 0. The lowest BCUT2D eigenvalue weighted by molar-refractivity contribution is -0.138. The average molecular weight is 260 g/mol. The third-order valence-electron chi connectivity index (χ3n) is 2.93. The van der Waals surface area contributed by atoms with Gasteiger partial charge in [0.15, 0.2) is 0 Å². The first-order valence-electron chi connectivity index (χ1n) is 5.45. The highest BCUT2D eigenvalue weighted by molar-refractivity contribution is 5.69. The van der Waals surface area contributed by atoms with Crippen LogP contribution in [-0.2, 0) is 10.2 Å². The molecule has 1 rings (SSSR count). The van der Waals surface area contributed by atoms with Crippen molar-refractivity contribution in [3.63, 3.8) is 0 Å². The monoisotopic (exact) mass is 260 g/mol. The number of benzene rings is 1. The number of hydrogen-bond donors (Lipinski definition) is 1. The Morgan fingerprint density at radius 3 is 2.33 bits per heavy atom. The van der Waals surface area contributed by atoms with Gasteiger partial charge in [0.1, 0.15) is 5.82 Å². The van der Waals surface area contributed by atoms with Crippen LogP contribution in [0.2, 0.25) is 0 Å². The topological polar surface area (TPSA) is 37.3 Å². The molecule has 0 atom stereocenters. The summed E-state index contributed by atoms with van der Waals surface area (Å²) in [4.78, 5) is 10.7. The SMILES string of the molecule is Cc1cc(C(C)(C)CC(=O)O)cc(F)c1C(F)F. The average Bonchev–Trinajstić information content (AvgIpc) is 2.13. The minimum Gasteiger partial charge on any atom is -0.481 e. The quantitative estimate of drug-likeness (QED) is 0.893. The number of carboxylic acid groups (broad SMARTS) is 1. The molecule has 1 N–H and O–H groups in total. The molecule has 5 heteroatoms. The second kappa shape index (κ2) is 5.00. The number of halogens is 3.